The number of aliphatic hydroxyl groups excluding tert-OH is 1. The smallest absolute Gasteiger partial charge is 0.0827 e. The average molecular weight is 207 g/mol. The first-order chi connectivity index (χ1) is 7.22. The fourth-order valence-corrected chi connectivity index (χ4v) is 1.83. The van der Waals surface area contributed by atoms with E-state index >= 15 is 0 Å². The molecule has 0 spiro atoms. The SMILES string of the molecule is CC(CN)C(O)c1ccc2c(c1)COC2. The zero-order chi connectivity index (χ0) is 10.8. The van der Waals surface area contributed by atoms with Gasteiger partial charge in [0.25, 0.3) is 0 Å². The Bertz CT molecular complexity index is 351. The molecule has 2 rings (SSSR count). The van der Waals surface area contributed by atoms with E-state index in [9.17, 15) is 5.11 Å². The summed E-state index contributed by atoms with van der Waals surface area (Å²) >= 11 is 0. The Morgan fingerprint density at radius 3 is 2.87 bits per heavy atom. The van der Waals surface area contributed by atoms with Crippen molar-refractivity contribution >= 4 is 0 Å². The molecule has 0 aromatic heterocycles. The van der Waals surface area contributed by atoms with Gasteiger partial charge in [0.05, 0.1) is 19.3 Å². The van der Waals surface area contributed by atoms with E-state index in [1.165, 1.54) is 11.1 Å². The maximum Gasteiger partial charge on any atom is 0.0827 e. The monoisotopic (exact) mass is 207 g/mol. The lowest BCUT2D eigenvalue weighted by atomic mass is 9.95. The molecule has 1 aromatic carbocycles. The molecule has 3 N–H and O–H groups in total. The Kier molecular flexibility index (Phi) is 3.05. The van der Waals surface area contributed by atoms with Crippen LogP contribution in [0.4, 0.5) is 0 Å². The van der Waals surface area contributed by atoms with Crippen molar-refractivity contribution < 1.29 is 9.84 Å². The van der Waals surface area contributed by atoms with Crippen LogP contribution in [0.1, 0.15) is 29.7 Å². The Hall–Kier alpha value is -0.900. The van der Waals surface area contributed by atoms with Gasteiger partial charge >= 0.3 is 0 Å². The zero-order valence-electron chi connectivity index (χ0n) is 8.94. The van der Waals surface area contributed by atoms with Crippen LogP contribution in [0.2, 0.25) is 0 Å². The van der Waals surface area contributed by atoms with Gasteiger partial charge in [-0.1, -0.05) is 25.1 Å². The molecule has 0 bridgehead atoms. The molecule has 0 aliphatic carbocycles. The van der Waals surface area contributed by atoms with E-state index in [2.05, 4.69) is 0 Å². The Morgan fingerprint density at radius 2 is 2.13 bits per heavy atom. The van der Waals surface area contributed by atoms with Crippen LogP contribution in [0, 0.1) is 5.92 Å². The van der Waals surface area contributed by atoms with Gasteiger partial charge < -0.3 is 15.6 Å². The summed E-state index contributed by atoms with van der Waals surface area (Å²) in [4.78, 5) is 0. The van der Waals surface area contributed by atoms with Crippen molar-refractivity contribution in [3.05, 3.63) is 34.9 Å². The highest BCUT2D eigenvalue weighted by molar-refractivity contribution is 5.34. The van der Waals surface area contributed by atoms with Gasteiger partial charge in [-0.2, -0.15) is 0 Å². The summed E-state index contributed by atoms with van der Waals surface area (Å²) in [7, 11) is 0. The molecule has 0 radical (unpaired) electrons. The molecule has 1 heterocycles. The zero-order valence-corrected chi connectivity index (χ0v) is 8.94. The second kappa shape index (κ2) is 4.31. The highest BCUT2D eigenvalue weighted by Crippen LogP contribution is 2.26. The van der Waals surface area contributed by atoms with E-state index in [-0.39, 0.29) is 5.92 Å². The van der Waals surface area contributed by atoms with Gasteiger partial charge in [0, 0.05) is 0 Å². The summed E-state index contributed by atoms with van der Waals surface area (Å²) in [5.41, 5.74) is 8.90. The van der Waals surface area contributed by atoms with Crippen molar-refractivity contribution in [1.29, 1.82) is 0 Å². The van der Waals surface area contributed by atoms with Crippen LogP contribution in [0.15, 0.2) is 18.2 Å². The fourth-order valence-electron chi connectivity index (χ4n) is 1.83. The molecule has 2 unspecified atom stereocenters. The summed E-state index contributed by atoms with van der Waals surface area (Å²) in [5, 5.41) is 10.00. The predicted molar refractivity (Wildman–Crippen MR) is 58.1 cm³/mol. The number of fused-ring (bicyclic) bond motifs is 1. The molecule has 0 saturated heterocycles. The van der Waals surface area contributed by atoms with Crippen molar-refractivity contribution in [2.24, 2.45) is 11.7 Å². The van der Waals surface area contributed by atoms with Crippen LogP contribution in [0.25, 0.3) is 0 Å². The lowest BCUT2D eigenvalue weighted by molar-refractivity contribution is 0.121. The molecule has 82 valence electrons. The first-order valence-electron chi connectivity index (χ1n) is 5.30. The predicted octanol–water partition coefficient (Wildman–Crippen LogP) is 1.35. The van der Waals surface area contributed by atoms with Crippen molar-refractivity contribution in [3.8, 4) is 0 Å². The third-order valence-corrected chi connectivity index (χ3v) is 3.00. The van der Waals surface area contributed by atoms with E-state index in [0.717, 1.165) is 5.56 Å². The van der Waals surface area contributed by atoms with E-state index < -0.39 is 6.10 Å². The van der Waals surface area contributed by atoms with Crippen LogP contribution in [0.5, 0.6) is 0 Å². The molecule has 3 heteroatoms. The number of nitrogens with two attached hydrogens (primary N) is 1. The van der Waals surface area contributed by atoms with Gasteiger partial charge in [0.1, 0.15) is 0 Å². The van der Waals surface area contributed by atoms with E-state index in [1.54, 1.807) is 0 Å². The first kappa shape index (κ1) is 10.6. The number of aliphatic hydroxyl groups is 1. The Morgan fingerprint density at radius 1 is 1.40 bits per heavy atom. The largest absolute Gasteiger partial charge is 0.388 e. The summed E-state index contributed by atoms with van der Waals surface area (Å²) < 4.78 is 5.33. The number of hydrogen-bond acceptors (Lipinski definition) is 3. The normalized spacial score (nSPS) is 18.6. The number of hydrogen-bond donors (Lipinski definition) is 2. The quantitative estimate of drug-likeness (QED) is 0.786. The number of rotatable bonds is 3. The third-order valence-electron chi connectivity index (χ3n) is 3.00. The van der Waals surface area contributed by atoms with Gasteiger partial charge in [-0.05, 0) is 29.2 Å². The van der Waals surface area contributed by atoms with Crippen LogP contribution in [-0.4, -0.2) is 11.7 Å². The summed E-state index contributed by atoms with van der Waals surface area (Å²) in [5.74, 6) is 0.0883. The topological polar surface area (TPSA) is 55.5 Å². The summed E-state index contributed by atoms with van der Waals surface area (Å²) in [6.45, 7) is 3.80. The minimum absolute atomic E-state index is 0.0883. The van der Waals surface area contributed by atoms with Crippen molar-refractivity contribution in [1.82, 2.24) is 0 Å². The van der Waals surface area contributed by atoms with E-state index in [4.69, 9.17) is 10.5 Å². The van der Waals surface area contributed by atoms with E-state index in [0.29, 0.717) is 19.8 Å². The fraction of sp³-hybridized carbons (Fsp3) is 0.500. The van der Waals surface area contributed by atoms with Gasteiger partial charge in [0.15, 0.2) is 0 Å². The highest BCUT2D eigenvalue weighted by Gasteiger charge is 2.18. The molecule has 3 nitrogen and oxygen atoms in total. The minimum atomic E-state index is -0.471. The second-order valence-electron chi connectivity index (χ2n) is 4.18. The van der Waals surface area contributed by atoms with Crippen LogP contribution >= 0.6 is 0 Å². The molecule has 1 aliphatic heterocycles. The molecular formula is C12H17NO2. The average Bonchev–Trinajstić information content (AvgIpc) is 2.73. The van der Waals surface area contributed by atoms with Crippen molar-refractivity contribution in [2.75, 3.05) is 6.54 Å². The second-order valence-corrected chi connectivity index (χ2v) is 4.18. The first-order valence-corrected chi connectivity index (χ1v) is 5.30. The lowest BCUT2D eigenvalue weighted by Crippen LogP contribution is -2.18. The van der Waals surface area contributed by atoms with Crippen molar-refractivity contribution in [2.45, 2.75) is 26.2 Å². The number of benzene rings is 1. The number of ether oxygens (including phenoxy) is 1. The molecule has 15 heavy (non-hydrogen) atoms. The summed E-state index contributed by atoms with van der Waals surface area (Å²) in [6.07, 6.45) is -0.471. The molecule has 0 amide bonds. The minimum Gasteiger partial charge on any atom is -0.388 e. The van der Waals surface area contributed by atoms with Gasteiger partial charge in [-0.3, -0.25) is 0 Å². The van der Waals surface area contributed by atoms with Crippen molar-refractivity contribution in [3.63, 3.8) is 0 Å². The van der Waals surface area contributed by atoms with Gasteiger partial charge in [-0.25, -0.2) is 0 Å². The molecule has 1 aromatic rings. The molecule has 1 aliphatic rings. The third kappa shape index (κ3) is 2.04. The Balaban J connectivity index is 2.22. The van der Waals surface area contributed by atoms with Crippen LogP contribution in [0.3, 0.4) is 0 Å². The van der Waals surface area contributed by atoms with Crippen LogP contribution < -0.4 is 5.73 Å². The van der Waals surface area contributed by atoms with Gasteiger partial charge in [-0.15, -0.1) is 0 Å². The molecule has 0 saturated carbocycles. The standard InChI is InChI=1S/C12H17NO2/c1-8(5-13)12(14)9-2-3-10-6-15-7-11(10)4-9/h2-4,8,12,14H,5-7,13H2,1H3. The highest BCUT2D eigenvalue weighted by atomic mass is 16.5. The van der Waals surface area contributed by atoms with E-state index in [1.807, 2.05) is 25.1 Å². The Labute approximate surface area is 89.9 Å². The molecular weight excluding hydrogens is 190 g/mol. The lowest BCUT2D eigenvalue weighted by Gasteiger charge is -2.17. The van der Waals surface area contributed by atoms with Crippen LogP contribution in [-0.2, 0) is 18.0 Å². The molecule has 0 fully saturated rings. The maximum atomic E-state index is 10.00. The summed E-state index contributed by atoms with van der Waals surface area (Å²) in [6, 6.07) is 6.02. The maximum absolute atomic E-state index is 10.00. The molecule has 2 atom stereocenters. The van der Waals surface area contributed by atoms with Gasteiger partial charge in [0.2, 0.25) is 0 Å².